The second-order valence-electron chi connectivity index (χ2n) is 4.82. The first kappa shape index (κ1) is 16.8. The molecule has 0 spiro atoms. The minimum atomic E-state index is -0.308. The van der Waals surface area contributed by atoms with Crippen LogP contribution in [0.1, 0.15) is 5.56 Å². The van der Waals surface area contributed by atoms with Crippen molar-refractivity contribution in [2.45, 2.75) is 6.61 Å². The van der Waals surface area contributed by atoms with Gasteiger partial charge in [0.2, 0.25) is 0 Å². The van der Waals surface area contributed by atoms with E-state index in [2.05, 4.69) is 10.6 Å². The van der Waals surface area contributed by atoms with Crippen LogP contribution < -0.4 is 15.4 Å². The molecule has 6 heteroatoms. The van der Waals surface area contributed by atoms with Crippen LogP contribution in [-0.4, -0.2) is 26.3 Å². The van der Waals surface area contributed by atoms with E-state index in [9.17, 15) is 9.18 Å². The summed E-state index contributed by atoms with van der Waals surface area (Å²) in [6.07, 6.45) is 0. The Labute approximate surface area is 134 Å². The number of anilines is 1. The van der Waals surface area contributed by atoms with Crippen molar-refractivity contribution in [3.05, 3.63) is 59.9 Å². The first-order chi connectivity index (χ1) is 11.2. The van der Waals surface area contributed by atoms with E-state index in [1.807, 2.05) is 0 Å². The number of halogens is 1. The third-order valence-electron chi connectivity index (χ3n) is 3.00. The van der Waals surface area contributed by atoms with Crippen LogP contribution in [0.5, 0.6) is 5.75 Å². The van der Waals surface area contributed by atoms with Crippen LogP contribution in [0.15, 0.2) is 48.5 Å². The Morgan fingerprint density at radius 3 is 2.70 bits per heavy atom. The van der Waals surface area contributed by atoms with Gasteiger partial charge in [0.1, 0.15) is 18.2 Å². The van der Waals surface area contributed by atoms with Gasteiger partial charge in [0.25, 0.3) is 0 Å². The number of hydrogen-bond donors (Lipinski definition) is 2. The van der Waals surface area contributed by atoms with Crippen molar-refractivity contribution >= 4 is 11.7 Å². The molecule has 0 fully saturated rings. The van der Waals surface area contributed by atoms with E-state index >= 15 is 0 Å². The smallest absolute Gasteiger partial charge is 0.319 e. The lowest BCUT2D eigenvalue weighted by molar-refractivity contribution is 0.198. The van der Waals surface area contributed by atoms with Crippen LogP contribution in [0.2, 0.25) is 0 Å². The number of carbonyl (C=O) groups excluding carboxylic acids is 1. The van der Waals surface area contributed by atoms with E-state index in [1.165, 1.54) is 12.1 Å². The molecule has 2 amide bonds. The van der Waals surface area contributed by atoms with Crippen LogP contribution in [0.4, 0.5) is 14.9 Å². The summed E-state index contributed by atoms with van der Waals surface area (Å²) >= 11 is 0. The molecule has 0 saturated heterocycles. The van der Waals surface area contributed by atoms with Crippen molar-refractivity contribution in [1.29, 1.82) is 0 Å². The van der Waals surface area contributed by atoms with E-state index in [1.54, 1.807) is 43.5 Å². The van der Waals surface area contributed by atoms with Gasteiger partial charge in [-0.25, -0.2) is 9.18 Å². The van der Waals surface area contributed by atoms with Gasteiger partial charge in [-0.15, -0.1) is 0 Å². The Morgan fingerprint density at radius 2 is 1.96 bits per heavy atom. The molecule has 0 saturated carbocycles. The molecule has 0 aromatic heterocycles. The quantitative estimate of drug-likeness (QED) is 0.771. The van der Waals surface area contributed by atoms with Crippen molar-refractivity contribution in [3.63, 3.8) is 0 Å². The molecule has 0 radical (unpaired) electrons. The summed E-state index contributed by atoms with van der Waals surface area (Å²) < 4.78 is 23.3. The molecule has 0 bridgehead atoms. The van der Waals surface area contributed by atoms with Gasteiger partial charge < -0.3 is 20.1 Å². The first-order valence-corrected chi connectivity index (χ1v) is 7.18. The average Bonchev–Trinajstić information content (AvgIpc) is 2.55. The number of hydrogen-bond acceptors (Lipinski definition) is 3. The fourth-order valence-corrected chi connectivity index (χ4v) is 1.85. The number of rotatable bonds is 7. The zero-order valence-corrected chi connectivity index (χ0v) is 12.8. The lowest BCUT2D eigenvalue weighted by Gasteiger charge is -2.10. The number of benzene rings is 2. The summed E-state index contributed by atoms with van der Waals surface area (Å²) in [6.45, 7) is 1.21. The standard InChI is InChI=1S/C17H19FN2O3/c1-22-10-9-19-17(21)20-15-3-2-4-16(11-15)23-12-13-5-7-14(18)8-6-13/h2-8,11H,9-10,12H2,1H3,(H2,19,20,21). The Bertz CT molecular complexity index is 632. The maximum atomic E-state index is 12.8. The highest BCUT2D eigenvalue weighted by molar-refractivity contribution is 5.89. The van der Waals surface area contributed by atoms with Gasteiger partial charge in [0.05, 0.1) is 6.61 Å². The summed E-state index contributed by atoms with van der Waals surface area (Å²) in [5, 5.41) is 5.37. The first-order valence-electron chi connectivity index (χ1n) is 7.18. The largest absolute Gasteiger partial charge is 0.489 e. The summed E-state index contributed by atoms with van der Waals surface area (Å²) in [5.74, 6) is 0.337. The minimum absolute atomic E-state index is 0.278. The fourth-order valence-electron chi connectivity index (χ4n) is 1.85. The Balaban J connectivity index is 1.86. The molecule has 0 atom stereocenters. The molecule has 2 aromatic carbocycles. The number of ether oxygens (including phenoxy) is 2. The van der Waals surface area contributed by atoms with Gasteiger partial charge in [0, 0.05) is 25.4 Å². The Morgan fingerprint density at radius 1 is 1.17 bits per heavy atom. The monoisotopic (exact) mass is 318 g/mol. The Hall–Kier alpha value is -2.60. The van der Waals surface area contributed by atoms with Crippen LogP contribution in [0, 0.1) is 5.82 Å². The average molecular weight is 318 g/mol. The van der Waals surface area contributed by atoms with Crippen molar-refractivity contribution < 1.29 is 18.7 Å². The highest BCUT2D eigenvalue weighted by Crippen LogP contribution is 2.18. The topological polar surface area (TPSA) is 59.6 Å². The molecule has 2 aromatic rings. The molecule has 2 rings (SSSR count). The fraction of sp³-hybridized carbons (Fsp3) is 0.235. The molecule has 2 N–H and O–H groups in total. The van der Waals surface area contributed by atoms with E-state index in [0.29, 0.717) is 31.2 Å². The maximum Gasteiger partial charge on any atom is 0.319 e. The summed E-state index contributed by atoms with van der Waals surface area (Å²) in [7, 11) is 1.57. The lowest BCUT2D eigenvalue weighted by Crippen LogP contribution is -2.31. The molecule has 0 heterocycles. The van der Waals surface area contributed by atoms with E-state index in [-0.39, 0.29) is 11.8 Å². The molecule has 122 valence electrons. The van der Waals surface area contributed by atoms with E-state index < -0.39 is 0 Å². The second-order valence-corrected chi connectivity index (χ2v) is 4.82. The molecule has 0 aliphatic carbocycles. The summed E-state index contributed by atoms with van der Waals surface area (Å²) in [5.41, 5.74) is 1.48. The predicted octanol–water partition coefficient (Wildman–Crippen LogP) is 3.17. The minimum Gasteiger partial charge on any atom is -0.489 e. The number of carbonyl (C=O) groups is 1. The molecule has 0 aliphatic heterocycles. The van der Waals surface area contributed by atoms with Crippen LogP contribution >= 0.6 is 0 Å². The van der Waals surface area contributed by atoms with Gasteiger partial charge in [-0.2, -0.15) is 0 Å². The predicted molar refractivity (Wildman–Crippen MR) is 86.1 cm³/mol. The molecule has 5 nitrogen and oxygen atoms in total. The highest BCUT2D eigenvalue weighted by Gasteiger charge is 2.03. The van der Waals surface area contributed by atoms with Crippen molar-refractivity contribution in [2.24, 2.45) is 0 Å². The number of amides is 2. The molecule has 23 heavy (non-hydrogen) atoms. The summed E-state index contributed by atoms with van der Waals surface area (Å²) in [4.78, 5) is 11.7. The molecular weight excluding hydrogens is 299 g/mol. The highest BCUT2D eigenvalue weighted by atomic mass is 19.1. The van der Waals surface area contributed by atoms with Crippen molar-refractivity contribution in [2.75, 3.05) is 25.6 Å². The molecular formula is C17H19FN2O3. The van der Waals surface area contributed by atoms with Crippen molar-refractivity contribution in [1.82, 2.24) is 5.32 Å². The van der Waals surface area contributed by atoms with Gasteiger partial charge in [-0.3, -0.25) is 0 Å². The van der Waals surface area contributed by atoms with E-state index in [4.69, 9.17) is 9.47 Å². The number of nitrogens with one attached hydrogen (secondary N) is 2. The van der Waals surface area contributed by atoms with Gasteiger partial charge >= 0.3 is 6.03 Å². The SMILES string of the molecule is COCCNC(=O)Nc1cccc(OCc2ccc(F)cc2)c1. The van der Waals surface area contributed by atoms with Crippen LogP contribution in [0.25, 0.3) is 0 Å². The zero-order chi connectivity index (χ0) is 16.5. The van der Waals surface area contributed by atoms with Gasteiger partial charge in [0.15, 0.2) is 0 Å². The van der Waals surface area contributed by atoms with Gasteiger partial charge in [-0.05, 0) is 29.8 Å². The zero-order valence-electron chi connectivity index (χ0n) is 12.8. The van der Waals surface area contributed by atoms with Crippen LogP contribution in [-0.2, 0) is 11.3 Å². The third kappa shape index (κ3) is 5.96. The number of methoxy groups -OCH3 is 1. The maximum absolute atomic E-state index is 12.8. The normalized spacial score (nSPS) is 10.2. The summed E-state index contributed by atoms with van der Waals surface area (Å²) in [6, 6.07) is 12.9. The number of urea groups is 1. The third-order valence-corrected chi connectivity index (χ3v) is 3.00. The molecule has 0 unspecified atom stereocenters. The van der Waals surface area contributed by atoms with Crippen molar-refractivity contribution in [3.8, 4) is 5.75 Å². The molecule has 0 aliphatic rings. The van der Waals surface area contributed by atoms with Gasteiger partial charge in [-0.1, -0.05) is 18.2 Å². The lowest BCUT2D eigenvalue weighted by atomic mass is 10.2. The Kier molecular flexibility index (Phi) is 6.38. The van der Waals surface area contributed by atoms with E-state index in [0.717, 1.165) is 5.56 Å². The second kappa shape index (κ2) is 8.75. The van der Waals surface area contributed by atoms with Crippen LogP contribution in [0.3, 0.4) is 0 Å².